The van der Waals surface area contributed by atoms with Crippen LogP contribution in [0, 0.1) is 13.8 Å². The highest BCUT2D eigenvalue weighted by atomic mass is 32.2. The third-order valence-electron chi connectivity index (χ3n) is 9.31. The van der Waals surface area contributed by atoms with Gasteiger partial charge in [0.2, 0.25) is 20.0 Å². The minimum Gasteiger partial charge on any atom is -0.242 e. The number of aryl methyl sites for hydroxylation is 2. The van der Waals surface area contributed by atoms with Crippen molar-refractivity contribution >= 4 is 28.4 Å². The summed E-state index contributed by atoms with van der Waals surface area (Å²) >= 11 is 0. The Labute approximate surface area is 275 Å². The molecule has 7 nitrogen and oxygen atoms in total. The molecule has 1 saturated carbocycles. The lowest BCUT2D eigenvalue weighted by molar-refractivity contribution is 0.278. The van der Waals surface area contributed by atoms with Gasteiger partial charge in [0.25, 0.3) is 0 Å². The predicted octanol–water partition coefficient (Wildman–Crippen LogP) is 8.36. The monoisotopic (exact) mass is 675 g/mol. The first-order valence-corrected chi connectivity index (χ1v) is 20.0. The maximum atomic E-state index is 15.0. The van der Waals surface area contributed by atoms with E-state index in [-0.39, 0.29) is 21.9 Å². The molecular formula is C36H42N3O4PS2. The minimum absolute atomic E-state index is 0.184. The SMILES string of the molecule is Cc1ccc(S(=O)(=O)N2[C@@H]3CCCC[C@H]3N(S(=O)(=O)c3ccc(C)cc3)P2N([C@H](C)c2ccccc2)[C@@H](C)c2ccccc2)cc1. The Hall–Kier alpha value is -2.91. The zero-order valence-electron chi connectivity index (χ0n) is 26.8. The average Bonchev–Trinajstić information content (AvgIpc) is 3.42. The van der Waals surface area contributed by atoms with Crippen molar-refractivity contribution in [2.24, 2.45) is 0 Å². The van der Waals surface area contributed by atoms with Gasteiger partial charge in [-0.1, -0.05) is 109 Å². The molecule has 1 aliphatic heterocycles. The van der Waals surface area contributed by atoms with E-state index in [1.807, 2.05) is 74.5 Å². The standard InChI is InChI=1S/C36H42N3O4PS2/c1-27-19-23-33(24-20-27)45(40,41)38-35-17-11-12-18-36(35)39(46(42,43)34-25-21-28(2)22-26-34)44(38)37(29(3)31-13-7-5-8-14-31)30(4)32-15-9-6-10-16-32/h5-10,13-16,19-26,29-30,35-36H,11-12,17-18H2,1-4H3/t29-,30+,35-,36-/m1/s1. The van der Waals surface area contributed by atoms with Crippen LogP contribution in [-0.4, -0.2) is 41.7 Å². The van der Waals surface area contributed by atoms with Gasteiger partial charge >= 0.3 is 0 Å². The number of nitrogens with zero attached hydrogens (tertiary/aromatic N) is 3. The van der Waals surface area contributed by atoms with Crippen molar-refractivity contribution in [3.63, 3.8) is 0 Å². The molecule has 0 N–H and O–H groups in total. The molecule has 4 aromatic rings. The quantitative estimate of drug-likeness (QED) is 0.167. The summed E-state index contributed by atoms with van der Waals surface area (Å²) in [6, 6.07) is 32.2. The van der Waals surface area contributed by atoms with E-state index in [2.05, 4.69) is 18.5 Å². The van der Waals surface area contributed by atoms with Gasteiger partial charge in [-0.05, 0) is 75.9 Å². The van der Waals surface area contributed by atoms with Crippen molar-refractivity contribution in [1.82, 2.24) is 12.8 Å². The highest BCUT2D eigenvalue weighted by molar-refractivity contribution is 7.98. The first-order chi connectivity index (χ1) is 22.0. The third-order valence-corrected chi connectivity index (χ3v) is 17.1. The van der Waals surface area contributed by atoms with E-state index in [1.165, 1.54) is 0 Å². The molecule has 0 amide bonds. The normalized spacial score (nSPS) is 21.2. The fraction of sp³-hybridized carbons (Fsp3) is 0.333. The summed E-state index contributed by atoms with van der Waals surface area (Å²) in [5, 5.41) is 0. The van der Waals surface area contributed by atoms with Gasteiger partial charge in [0.15, 0.2) is 8.37 Å². The zero-order chi connectivity index (χ0) is 32.6. The second kappa shape index (κ2) is 13.3. The van der Waals surface area contributed by atoms with Gasteiger partial charge in [-0.3, -0.25) is 0 Å². The summed E-state index contributed by atoms with van der Waals surface area (Å²) < 4.78 is 65.3. The van der Waals surface area contributed by atoms with E-state index in [0.717, 1.165) is 35.1 Å². The smallest absolute Gasteiger partial charge is 0.242 e. The zero-order valence-corrected chi connectivity index (χ0v) is 29.3. The van der Waals surface area contributed by atoms with Gasteiger partial charge < -0.3 is 0 Å². The van der Waals surface area contributed by atoms with Crippen LogP contribution in [0.25, 0.3) is 0 Å². The Bertz CT molecular complexity index is 1720. The summed E-state index contributed by atoms with van der Waals surface area (Å²) in [4.78, 5) is 0.369. The lowest BCUT2D eigenvalue weighted by atomic mass is 9.92. The van der Waals surface area contributed by atoms with Crippen molar-refractivity contribution in [2.75, 3.05) is 0 Å². The van der Waals surface area contributed by atoms with E-state index in [9.17, 15) is 16.8 Å². The predicted molar refractivity (Wildman–Crippen MR) is 185 cm³/mol. The van der Waals surface area contributed by atoms with Crippen LogP contribution in [-0.2, 0) is 20.0 Å². The molecule has 1 saturated heterocycles. The van der Waals surface area contributed by atoms with Crippen molar-refractivity contribution < 1.29 is 16.8 Å². The van der Waals surface area contributed by atoms with Crippen LogP contribution in [0.3, 0.4) is 0 Å². The van der Waals surface area contributed by atoms with E-state index >= 15 is 0 Å². The van der Waals surface area contributed by atoms with Crippen LogP contribution >= 0.6 is 8.37 Å². The molecule has 4 aromatic carbocycles. The lowest BCUT2D eigenvalue weighted by Crippen LogP contribution is -2.43. The summed E-state index contributed by atoms with van der Waals surface area (Å²) in [5.41, 5.74) is 3.89. The molecule has 4 atom stereocenters. The molecule has 0 aromatic heterocycles. The van der Waals surface area contributed by atoms with Gasteiger partial charge in [-0.15, -0.1) is 8.15 Å². The molecule has 6 rings (SSSR count). The number of rotatable bonds is 9. The van der Waals surface area contributed by atoms with Crippen LogP contribution in [0.2, 0.25) is 0 Å². The molecule has 0 bridgehead atoms. The van der Waals surface area contributed by atoms with E-state index < -0.39 is 40.5 Å². The molecule has 0 spiro atoms. The van der Waals surface area contributed by atoms with E-state index in [0.29, 0.717) is 12.8 Å². The molecule has 1 heterocycles. The van der Waals surface area contributed by atoms with Crippen molar-refractivity contribution in [2.45, 2.75) is 87.3 Å². The fourth-order valence-corrected chi connectivity index (χ4v) is 15.1. The van der Waals surface area contributed by atoms with Gasteiger partial charge in [-0.25, -0.2) is 21.5 Å². The Balaban J connectivity index is 1.63. The van der Waals surface area contributed by atoms with Gasteiger partial charge in [-0.2, -0.15) is 0 Å². The molecule has 2 aliphatic rings. The Morgan fingerprint density at radius 2 is 0.935 bits per heavy atom. The van der Waals surface area contributed by atoms with Crippen molar-refractivity contribution in [3.8, 4) is 0 Å². The van der Waals surface area contributed by atoms with Crippen LogP contribution in [0.5, 0.6) is 0 Å². The first kappa shape index (κ1) is 33.0. The highest BCUT2D eigenvalue weighted by Gasteiger charge is 2.61. The fourth-order valence-electron chi connectivity index (χ4n) is 6.76. The molecule has 46 heavy (non-hydrogen) atoms. The Morgan fingerprint density at radius 1 is 0.587 bits per heavy atom. The molecule has 10 heteroatoms. The van der Waals surface area contributed by atoms with Crippen LogP contribution < -0.4 is 0 Å². The highest BCUT2D eigenvalue weighted by Crippen LogP contribution is 2.67. The summed E-state index contributed by atoms with van der Waals surface area (Å²) in [6.07, 6.45) is 2.87. The second-order valence-corrected chi connectivity index (χ2v) is 18.5. The lowest BCUT2D eigenvalue weighted by Gasteiger charge is -2.44. The number of fused-ring (bicyclic) bond motifs is 1. The third kappa shape index (κ3) is 6.10. The summed E-state index contributed by atoms with van der Waals surface area (Å²) in [7, 11) is -10.4. The first-order valence-electron chi connectivity index (χ1n) is 15.9. The van der Waals surface area contributed by atoms with Gasteiger partial charge in [0.05, 0.1) is 9.79 Å². The number of benzene rings is 4. The molecule has 2 fully saturated rings. The number of hydrogen-bond donors (Lipinski definition) is 0. The average molecular weight is 676 g/mol. The maximum Gasteiger partial charge on any atom is 0.248 e. The molecule has 1 aliphatic carbocycles. The molecule has 0 unspecified atom stereocenters. The van der Waals surface area contributed by atoms with E-state index in [4.69, 9.17) is 0 Å². The maximum absolute atomic E-state index is 15.0. The number of sulfonamides is 2. The topological polar surface area (TPSA) is 78.0 Å². The van der Waals surface area contributed by atoms with Crippen LogP contribution in [0.15, 0.2) is 119 Å². The Morgan fingerprint density at radius 3 is 1.28 bits per heavy atom. The second-order valence-electron chi connectivity index (χ2n) is 12.4. The van der Waals surface area contributed by atoms with Crippen molar-refractivity contribution in [3.05, 3.63) is 131 Å². The molecular weight excluding hydrogens is 634 g/mol. The number of hydrogen-bond acceptors (Lipinski definition) is 5. The van der Waals surface area contributed by atoms with Gasteiger partial charge in [0, 0.05) is 24.2 Å². The van der Waals surface area contributed by atoms with Crippen LogP contribution in [0.4, 0.5) is 0 Å². The Kier molecular flexibility index (Phi) is 9.55. The van der Waals surface area contributed by atoms with Crippen LogP contribution in [0.1, 0.15) is 73.9 Å². The molecule has 0 radical (unpaired) electrons. The van der Waals surface area contributed by atoms with Gasteiger partial charge in [0.1, 0.15) is 0 Å². The summed E-state index contributed by atoms with van der Waals surface area (Å²) in [5.74, 6) is 0. The van der Waals surface area contributed by atoms with Crippen molar-refractivity contribution in [1.29, 1.82) is 0 Å². The molecule has 242 valence electrons. The van der Waals surface area contributed by atoms with E-state index in [1.54, 1.807) is 56.7 Å². The largest absolute Gasteiger partial charge is 0.248 e. The minimum atomic E-state index is -4.12. The summed E-state index contributed by atoms with van der Waals surface area (Å²) in [6.45, 7) is 7.98.